The standard InChI is InChI=1S/C35H39N5O5S/c1-35(2,37-22-30(42)24-45-31-19-17-29(41)18-20-31)21-25-13-15-28(16-14-25)38-34-33(39-46(43,44)40-34)36-23-32(26-9-5-3-6-10-26)27-11-7-4-8-12-27/h3-20,30,32,37,41-42H,21-24H2,1-2H3,(H,36,39)(H,38,40)/t30-/m0/s1. The van der Waals surface area contributed by atoms with Gasteiger partial charge in [0, 0.05) is 23.7 Å². The van der Waals surface area contributed by atoms with Crippen molar-refractivity contribution in [2.45, 2.75) is 37.8 Å². The van der Waals surface area contributed by atoms with Crippen LogP contribution in [-0.4, -0.2) is 61.6 Å². The van der Waals surface area contributed by atoms with E-state index in [-0.39, 0.29) is 35.5 Å². The predicted molar refractivity (Wildman–Crippen MR) is 182 cm³/mol. The lowest BCUT2D eigenvalue weighted by molar-refractivity contribution is 0.0988. The van der Waals surface area contributed by atoms with Crippen LogP contribution < -0.4 is 20.1 Å². The molecule has 1 atom stereocenters. The monoisotopic (exact) mass is 641 g/mol. The molecule has 0 aliphatic carbocycles. The van der Waals surface area contributed by atoms with Gasteiger partial charge in [-0.2, -0.15) is 8.42 Å². The molecule has 0 amide bonds. The van der Waals surface area contributed by atoms with Crippen LogP contribution in [0, 0.1) is 0 Å². The van der Waals surface area contributed by atoms with E-state index >= 15 is 0 Å². The van der Waals surface area contributed by atoms with Crippen LogP contribution in [0.25, 0.3) is 0 Å². The molecule has 4 aromatic rings. The number of phenolic OH excluding ortho intramolecular Hbond substituents is 1. The molecule has 0 fully saturated rings. The van der Waals surface area contributed by atoms with Gasteiger partial charge in [-0.1, -0.05) is 72.8 Å². The molecule has 4 aromatic carbocycles. The number of aliphatic hydroxyl groups is 1. The van der Waals surface area contributed by atoms with Crippen LogP contribution in [0.4, 0.5) is 5.69 Å². The highest BCUT2D eigenvalue weighted by Crippen LogP contribution is 2.25. The number of aromatic hydroxyl groups is 1. The maximum atomic E-state index is 12.4. The maximum Gasteiger partial charge on any atom is 0.345 e. The summed E-state index contributed by atoms with van der Waals surface area (Å²) in [5, 5.41) is 26.3. The van der Waals surface area contributed by atoms with Crippen molar-refractivity contribution < 1.29 is 23.4 Å². The summed E-state index contributed by atoms with van der Waals surface area (Å²) >= 11 is 0. The van der Waals surface area contributed by atoms with Crippen LogP contribution in [-0.2, 0) is 16.6 Å². The highest BCUT2D eigenvalue weighted by atomic mass is 32.2. The zero-order valence-electron chi connectivity index (χ0n) is 25.8. The topological polar surface area (TPSA) is 145 Å². The van der Waals surface area contributed by atoms with E-state index in [1.165, 1.54) is 12.1 Å². The Hall–Kier alpha value is -4.71. The Bertz CT molecular complexity index is 1710. The summed E-state index contributed by atoms with van der Waals surface area (Å²) < 4.78 is 36.7. The number of ether oxygens (including phenoxy) is 1. The van der Waals surface area contributed by atoms with E-state index in [0.717, 1.165) is 16.7 Å². The summed E-state index contributed by atoms with van der Waals surface area (Å²) in [6.07, 6.45) is -0.0359. The van der Waals surface area contributed by atoms with E-state index in [1.54, 1.807) is 12.1 Å². The summed E-state index contributed by atoms with van der Waals surface area (Å²) in [6, 6.07) is 34.0. The van der Waals surface area contributed by atoms with Gasteiger partial charge in [0.05, 0.1) is 6.54 Å². The van der Waals surface area contributed by atoms with E-state index in [0.29, 0.717) is 30.9 Å². The first-order valence-corrected chi connectivity index (χ1v) is 16.5. The van der Waals surface area contributed by atoms with Crippen LogP contribution in [0.15, 0.2) is 119 Å². The molecule has 0 unspecified atom stereocenters. The number of anilines is 1. The second kappa shape index (κ2) is 14.6. The average molecular weight is 642 g/mol. The maximum absolute atomic E-state index is 12.4. The number of hydrogen-bond acceptors (Lipinski definition) is 8. The third-order valence-electron chi connectivity index (χ3n) is 7.46. The Morgan fingerprint density at radius 1 is 0.891 bits per heavy atom. The summed E-state index contributed by atoms with van der Waals surface area (Å²) in [7, 11) is -3.91. The fourth-order valence-electron chi connectivity index (χ4n) is 5.11. The molecule has 5 rings (SSSR count). The summed E-state index contributed by atoms with van der Waals surface area (Å²) in [5.41, 5.74) is 3.56. The number of β-amino-alcohol motifs (C(OH)–C–C–N with tert-alkyl or cyclic N) is 1. The quantitative estimate of drug-likeness (QED) is 0.143. The van der Waals surface area contributed by atoms with E-state index in [1.807, 2.05) is 84.9 Å². The number of aliphatic imine (C=N–C) groups is 1. The number of aliphatic hydroxyl groups excluding tert-OH is 1. The molecule has 5 N–H and O–H groups in total. The summed E-state index contributed by atoms with van der Waals surface area (Å²) in [5.74, 6) is 0.967. The van der Waals surface area contributed by atoms with Crippen LogP contribution >= 0.6 is 0 Å². The van der Waals surface area contributed by atoms with Crippen molar-refractivity contribution in [3.8, 4) is 11.5 Å². The normalized spacial score (nSPS) is 15.7. The lowest BCUT2D eigenvalue weighted by atomic mass is 9.91. The Balaban J connectivity index is 1.18. The molecule has 0 radical (unpaired) electrons. The van der Waals surface area contributed by atoms with Gasteiger partial charge in [-0.05, 0) is 73.4 Å². The molecule has 1 aliphatic heterocycles. The Morgan fingerprint density at radius 3 is 2.11 bits per heavy atom. The summed E-state index contributed by atoms with van der Waals surface area (Å²) in [6.45, 7) is 4.89. The second-order valence-corrected chi connectivity index (χ2v) is 13.1. The van der Waals surface area contributed by atoms with Gasteiger partial charge < -0.3 is 25.6 Å². The van der Waals surface area contributed by atoms with E-state index < -0.39 is 16.3 Å². The van der Waals surface area contributed by atoms with Gasteiger partial charge in [-0.3, -0.25) is 4.99 Å². The van der Waals surface area contributed by atoms with Crippen molar-refractivity contribution in [1.82, 2.24) is 10.0 Å². The molecule has 0 saturated carbocycles. The molecular formula is C35H39N5O5S. The van der Waals surface area contributed by atoms with Crippen molar-refractivity contribution in [2.24, 2.45) is 9.39 Å². The van der Waals surface area contributed by atoms with E-state index in [4.69, 9.17) is 4.74 Å². The molecule has 1 aliphatic rings. The molecule has 0 bridgehead atoms. The number of nitrogens with one attached hydrogen (secondary N) is 3. The van der Waals surface area contributed by atoms with Gasteiger partial charge >= 0.3 is 10.2 Å². The highest BCUT2D eigenvalue weighted by molar-refractivity contribution is 7.89. The first-order chi connectivity index (χ1) is 22.1. The largest absolute Gasteiger partial charge is 0.508 e. The fraction of sp³-hybridized carbons (Fsp3) is 0.257. The minimum atomic E-state index is -3.91. The molecule has 46 heavy (non-hydrogen) atoms. The number of amidine groups is 2. The lowest BCUT2D eigenvalue weighted by Crippen LogP contribution is -2.46. The Morgan fingerprint density at radius 2 is 1.50 bits per heavy atom. The molecular weight excluding hydrogens is 602 g/mol. The van der Waals surface area contributed by atoms with Gasteiger partial charge in [-0.25, -0.2) is 4.72 Å². The van der Waals surface area contributed by atoms with Crippen LogP contribution in [0.1, 0.15) is 36.5 Å². The molecule has 10 nitrogen and oxygen atoms in total. The van der Waals surface area contributed by atoms with Crippen molar-refractivity contribution >= 4 is 27.6 Å². The van der Waals surface area contributed by atoms with Gasteiger partial charge in [-0.15, -0.1) is 4.40 Å². The Labute approximate surface area is 270 Å². The first kappa shape index (κ1) is 32.7. The number of nitrogens with zero attached hydrogens (tertiary/aromatic N) is 2. The number of rotatable bonds is 13. The van der Waals surface area contributed by atoms with E-state index in [2.05, 4.69) is 38.6 Å². The van der Waals surface area contributed by atoms with Gasteiger partial charge in [0.25, 0.3) is 0 Å². The predicted octanol–water partition coefficient (Wildman–Crippen LogP) is 4.63. The molecule has 1 heterocycles. The van der Waals surface area contributed by atoms with E-state index in [9.17, 15) is 18.6 Å². The van der Waals surface area contributed by atoms with Gasteiger partial charge in [0.1, 0.15) is 24.2 Å². The SMILES string of the molecule is CC(C)(Cc1ccc(NC2=NS(=O)(=O)NC2=NCC(c2ccccc2)c2ccccc2)cc1)NC[C@H](O)COc1ccc(O)cc1. The highest BCUT2D eigenvalue weighted by Gasteiger charge is 2.27. The van der Waals surface area contributed by atoms with Crippen molar-refractivity contribution in [3.05, 3.63) is 126 Å². The zero-order chi connectivity index (χ0) is 32.6. The van der Waals surface area contributed by atoms with Crippen LogP contribution in [0.5, 0.6) is 11.5 Å². The minimum Gasteiger partial charge on any atom is -0.508 e. The number of hydrogen-bond donors (Lipinski definition) is 5. The minimum absolute atomic E-state index is 0.0644. The summed E-state index contributed by atoms with van der Waals surface area (Å²) in [4.78, 5) is 4.67. The molecule has 0 spiro atoms. The van der Waals surface area contributed by atoms with Crippen LogP contribution in [0.2, 0.25) is 0 Å². The smallest absolute Gasteiger partial charge is 0.345 e. The third-order valence-corrected chi connectivity index (χ3v) is 8.33. The lowest BCUT2D eigenvalue weighted by Gasteiger charge is -2.28. The average Bonchev–Trinajstić information content (AvgIpc) is 3.34. The first-order valence-electron chi connectivity index (χ1n) is 15.0. The number of phenols is 1. The van der Waals surface area contributed by atoms with Gasteiger partial charge in [0.15, 0.2) is 11.7 Å². The second-order valence-electron chi connectivity index (χ2n) is 11.8. The number of benzene rings is 4. The molecule has 0 saturated heterocycles. The molecule has 0 aromatic heterocycles. The zero-order valence-corrected chi connectivity index (χ0v) is 26.6. The van der Waals surface area contributed by atoms with Crippen molar-refractivity contribution in [3.63, 3.8) is 0 Å². The van der Waals surface area contributed by atoms with Crippen LogP contribution in [0.3, 0.4) is 0 Å². The Kier molecular flexibility index (Phi) is 10.4. The fourth-order valence-corrected chi connectivity index (χ4v) is 5.93. The molecule has 11 heteroatoms. The van der Waals surface area contributed by atoms with Crippen molar-refractivity contribution in [1.29, 1.82) is 0 Å². The third kappa shape index (κ3) is 9.40. The molecule has 240 valence electrons. The van der Waals surface area contributed by atoms with Crippen molar-refractivity contribution in [2.75, 3.05) is 25.0 Å². The van der Waals surface area contributed by atoms with Gasteiger partial charge in [0.2, 0.25) is 0 Å².